The molecule has 2 rings (SSSR count). The number of carbonyl (C=O) groups is 12. The fourth-order valence-electron chi connectivity index (χ4n) is 8.38. The largest absolute Gasteiger partial charge is 0.458 e. The highest BCUT2D eigenvalue weighted by atomic mass is 16.5. The maximum atomic E-state index is 14.0. The highest BCUT2D eigenvalue weighted by molar-refractivity contribution is 5.99. The quantitative estimate of drug-likeness (QED) is 0.0313. The van der Waals surface area contributed by atoms with Crippen LogP contribution in [0.15, 0.2) is 30.3 Å². The second-order valence-electron chi connectivity index (χ2n) is 20.8. The van der Waals surface area contributed by atoms with Crippen molar-refractivity contribution in [1.29, 1.82) is 0 Å². The van der Waals surface area contributed by atoms with E-state index in [1.54, 1.807) is 48.6 Å². The summed E-state index contributed by atoms with van der Waals surface area (Å²) in [7, 11) is 1.59. The van der Waals surface area contributed by atoms with E-state index in [2.05, 4.69) is 58.5 Å². The molecule has 15 atom stereocenters. The molecule has 0 radical (unpaired) electrons. The molecule has 0 saturated carbocycles. The fraction of sp³-hybridized carbons (Fsp3) is 0.667. The molecule has 1 aromatic carbocycles. The van der Waals surface area contributed by atoms with E-state index in [0.717, 1.165) is 5.56 Å². The summed E-state index contributed by atoms with van der Waals surface area (Å²) in [6.45, 7) is 12.2. The summed E-state index contributed by atoms with van der Waals surface area (Å²) in [4.78, 5) is 162. The van der Waals surface area contributed by atoms with Gasteiger partial charge in [0.15, 0.2) is 0 Å². The van der Waals surface area contributed by atoms with Gasteiger partial charge in [0, 0.05) is 6.42 Å². The van der Waals surface area contributed by atoms with Crippen LogP contribution in [0.4, 0.5) is 0 Å². The number of aliphatic hydroxyl groups is 2. The van der Waals surface area contributed by atoms with Gasteiger partial charge in [0.2, 0.25) is 65.0 Å². The van der Waals surface area contributed by atoms with Crippen LogP contribution in [0.5, 0.6) is 0 Å². The molecule has 28 nitrogen and oxygen atoms in total. The Kier molecular flexibility index (Phi) is 30.7. The monoisotopic (exact) mass is 1160 g/mol. The summed E-state index contributed by atoms with van der Waals surface area (Å²) < 4.78 is 5.64. The average Bonchev–Trinajstić information content (AvgIpc) is 3.45. The van der Waals surface area contributed by atoms with Crippen LogP contribution in [-0.4, -0.2) is 181 Å². The molecule has 1 saturated heterocycles. The summed E-state index contributed by atoms with van der Waals surface area (Å²) in [5.41, 5.74) is 11.9. The second-order valence-corrected chi connectivity index (χ2v) is 20.8. The van der Waals surface area contributed by atoms with E-state index in [9.17, 15) is 67.7 Å². The molecule has 0 spiro atoms. The Morgan fingerprint density at radius 3 is 1.68 bits per heavy atom. The predicted molar refractivity (Wildman–Crippen MR) is 298 cm³/mol. The zero-order valence-corrected chi connectivity index (χ0v) is 48.7. The summed E-state index contributed by atoms with van der Waals surface area (Å²) in [6.07, 6.45) is -0.489. The number of cyclic esters (lactones) is 1. The minimum absolute atomic E-state index is 0.108. The molecule has 0 aliphatic carbocycles. The third kappa shape index (κ3) is 22.2. The van der Waals surface area contributed by atoms with Crippen LogP contribution in [0.25, 0.3) is 0 Å². The number of rotatable bonds is 31. The highest BCUT2D eigenvalue weighted by Gasteiger charge is 2.40. The normalized spacial score (nSPS) is 21.4. The molecule has 17 N–H and O–H groups in total. The lowest BCUT2D eigenvalue weighted by Crippen LogP contribution is -2.62. The van der Waals surface area contributed by atoms with E-state index in [4.69, 9.17) is 16.2 Å². The first kappa shape index (κ1) is 70.8. The van der Waals surface area contributed by atoms with Crippen molar-refractivity contribution in [3.8, 4) is 0 Å². The molecule has 82 heavy (non-hydrogen) atoms. The first-order valence-corrected chi connectivity index (χ1v) is 27.9. The fourth-order valence-corrected chi connectivity index (χ4v) is 8.38. The Bertz CT molecular complexity index is 2350. The summed E-state index contributed by atoms with van der Waals surface area (Å²) in [6, 6.07) is -6.12. The van der Waals surface area contributed by atoms with Gasteiger partial charge in [-0.2, -0.15) is 0 Å². The molecule has 1 aromatic rings. The topological polar surface area (TPSA) is 439 Å². The number of carbonyl (C=O) groups excluding carboxylic acids is 12. The van der Waals surface area contributed by atoms with Gasteiger partial charge in [-0.05, 0) is 83.4 Å². The lowest BCUT2D eigenvalue weighted by atomic mass is 9.96. The minimum atomic E-state index is -1.80. The van der Waals surface area contributed by atoms with Crippen LogP contribution in [0, 0.1) is 17.8 Å². The van der Waals surface area contributed by atoms with Crippen LogP contribution in [0.3, 0.4) is 0 Å². The smallest absolute Gasteiger partial charge is 0.329 e. The van der Waals surface area contributed by atoms with E-state index in [0.29, 0.717) is 25.7 Å². The van der Waals surface area contributed by atoms with Gasteiger partial charge in [-0.25, -0.2) is 4.79 Å². The first-order valence-electron chi connectivity index (χ1n) is 27.9. The Morgan fingerprint density at radius 1 is 0.634 bits per heavy atom. The van der Waals surface area contributed by atoms with Gasteiger partial charge in [0.25, 0.3) is 0 Å². The van der Waals surface area contributed by atoms with Crippen molar-refractivity contribution in [3.63, 3.8) is 0 Å². The SMILES string of the molecule is CC[C@@H](C)[C@@H](NC(=O)[C@@H](CCC(N)=O)NC(=O)[C@H](CO)NC(=O)[C@@H](NC(=O)[C@@H](Cc1ccccc1)NC)[C@@H](C)CC)C(=O)N[C@@H](C)C(=O)N[C@@H](CO)C(=O)N[C@H]1C(=O)N[C@@H](C)C(=O)N[C@@H](CCCN)C(=O)N[C@@H]([C@@H](C)CC)C(=O)O[C@H]1C. The number of primary amides is 1. The van der Waals surface area contributed by atoms with Crippen LogP contribution in [0.1, 0.15) is 113 Å². The van der Waals surface area contributed by atoms with E-state index in [1.165, 1.54) is 20.8 Å². The van der Waals surface area contributed by atoms with Gasteiger partial charge in [0.05, 0.1) is 19.3 Å². The third-order valence-corrected chi connectivity index (χ3v) is 14.4. The lowest BCUT2D eigenvalue weighted by molar-refractivity contribution is -0.157. The van der Waals surface area contributed by atoms with Crippen molar-refractivity contribution in [2.75, 3.05) is 26.8 Å². The number of hydrogen-bond donors (Lipinski definition) is 15. The number of ether oxygens (including phenoxy) is 1. The predicted octanol–water partition coefficient (Wildman–Crippen LogP) is -4.22. The molecular formula is C54H89N13O15. The number of amides is 11. The van der Waals surface area contributed by atoms with Crippen LogP contribution in [0.2, 0.25) is 0 Å². The average molecular weight is 1160 g/mol. The van der Waals surface area contributed by atoms with Gasteiger partial charge in [-0.3, -0.25) is 52.7 Å². The molecule has 460 valence electrons. The van der Waals surface area contributed by atoms with Gasteiger partial charge in [-0.1, -0.05) is 91.1 Å². The van der Waals surface area contributed by atoms with E-state index in [-0.39, 0.29) is 19.4 Å². The van der Waals surface area contributed by atoms with Crippen molar-refractivity contribution in [2.45, 2.75) is 186 Å². The molecule has 0 unspecified atom stereocenters. The number of likely N-dealkylation sites (N-methyl/N-ethyl adjacent to an activating group) is 1. The van der Waals surface area contributed by atoms with Crippen molar-refractivity contribution >= 4 is 70.9 Å². The number of nitrogens with two attached hydrogens (primary N) is 2. The Morgan fingerprint density at radius 2 is 1.16 bits per heavy atom. The van der Waals surface area contributed by atoms with Crippen molar-refractivity contribution in [1.82, 2.24) is 58.5 Å². The molecular weight excluding hydrogens is 1070 g/mol. The maximum absolute atomic E-state index is 14.0. The van der Waals surface area contributed by atoms with Crippen molar-refractivity contribution in [2.24, 2.45) is 29.2 Å². The molecule has 11 amide bonds. The van der Waals surface area contributed by atoms with Crippen LogP contribution in [-0.2, 0) is 68.7 Å². The second kappa shape index (κ2) is 35.5. The van der Waals surface area contributed by atoms with E-state index < -0.39 is 187 Å². The third-order valence-electron chi connectivity index (χ3n) is 14.4. The lowest BCUT2D eigenvalue weighted by Gasteiger charge is -2.30. The number of esters is 1. The zero-order chi connectivity index (χ0) is 62.0. The van der Waals surface area contributed by atoms with Crippen molar-refractivity contribution < 1.29 is 72.5 Å². The number of hydrogen-bond acceptors (Lipinski definition) is 17. The van der Waals surface area contributed by atoms with E-state index >= 15 is 0 Å². The van der Waals surface area contributed by atoms with Gasteiger partial charge < -0.3 is 84.9 Å². The maximum Gasteiger partial charge on any atom is 0.329 e. The zero-order valence-electron chi connectivity index (χ0n) is 48.7. The van der Waals surface area contributed by atoms with Gasteiger partial charge in [-0.15, -0.1) is 0 Å². The Hall–Kier alpha value is -7.30. The molecule has 1 heterocycles. The van der Waals surface area contributed by atoms with Crippen molar-refractivity contribution in [3.05, 3.63) is 35.9 Å². The summed E-state index contributed by atoms with van der Waals surface area (Å²) in [5, 5.41) is 48.5. The number of aliphatic hydroxyl groups excluding tert-OH is 2. The molecule has 0 aromatic heterocycles. The highest BCUT2D eigenvalue weighted by Crippen LogP contribution is 2.16. The molecule has 1 aliphatic rings. The summed E-state index contributed by atoms with van der Waals surface area (Å²) >= 11 is 0. The van der Waals surface area contributed by atoms with E-state index in [1.807, 2.05) is 30.3 Å². The van der Waals surface area contributed by atoms with Crippen LogP contribution >= 0.6 is 0 Å². The van der Waals surface area contributed by atoms with Gasteiger partial charge in [0.1, 0.15) is 66.5 Å². The number of nitrogens with one attached hydrogen (secondary N) is 11. The Labute approximate surface area is 478 Å². The standard InChI is InChI=1S/C54H89N13O15/c1-11-27(4)40(64-47(74)35(21-22-39(56)70)61-49(76)37(25-68)63-52(79)41(28(5)12-2)65-48(75)36(57-10)24-33-18-15-14-16-19-33)51(78)58-31(8)45(72)62-38(26-69)50(77)67-43-32(9)82-54(81)42(29(6)13-3)66-46(73)34(20-17-23-55)60-44(71)30(7)59-53(43)80/h14-16,18-19,27-32,34-38,40-43,57,68-69H,11-13,17,20-26,55H2,1-10H3,(H2,56,70)(H,58,78)(H,59,80)(H,60,71)(H,61,76)(H,62,72)(H,63,79)(H,64,74)(H,65,75)(H,66,73)(H,67,77)/t27-,28+,29+,30+,31+,32+,34+,35-,36-,37+,38+,40-,41+,42+,43-/m1/s1. The Balaban J connectivity index is 2.30. The molecule has 1 aliphatic heterocycles. The van der Waals surface area contributed by atoms with Gasteiger partial charge >= 0.3 is 5.97 Å². The first-order chi connectivity index (χ1) is 38.7. The van der Waals surface area contributed by atoms with Crippen LogP contribution < -0.4 is 70.0 Å². The molecule has 28 heteroatoms. The summed E-state index contributed by atoms with van der Waals surface area (Å²) in [5.74, 6) is -12.4. The number of benzene rings is 1. The molecule has 1 fully saturated rings. The minimum Gasteiger partial charge on any atom is -0.458 e. The molecule has 0 bridgehead atoms.